The normalized spacial score (nSPS) is 11.6. The standard InChI is InChI=1S/C26H24ClF2N5O3/c1-5-16-9-22(37-13-20-17(29)8-15(28)12-32-20)23(27)24(35)34(16)21-10-19(31-11-14(21)2)18-6-7-30-25(33-18)26(3,4)36/h6-12,36H,5,13H2,1-4H3. The summed E-state index contributed by atoms with van der Waals surface area (Å²) in [5, 5.41) is 10.1. The highest BCUT2D eigenvalue weighted by Gasteiger charge is 2.22. The van der Waals surface area contributed by atoms with Crippen molar-refractivity contribution in [1.29, 1.82) is 0 Å². The zero-order valence-corrected chi connectivity index (χ0v) is 21.3. The van der Waals surface area contributed by atoms with Crippen molar-refractivity contribution in [3.05, 3.63) is 92.6 Å². The van der Waals surface area contributed by atoms with Crippen LogP contribution in [0.1, 0.15) is 43.5 Å². The van der Waals surface area contributed by atoms with Crippen LogP contribution in [0.25, 0.3) is 17.1 Å². The molecule has 0 aliphatic heterocycles. The number of rotatable bonds is 7. The van der Waals surface area contributed by atoms with Crippen LogP contribution in [0.4, 0.5) is 8.78 Å². The molecule has 0 saturated carbocycles. The van der Waals surface area contributed by atoms with Crippen molar-refractivity contribution in [2.24, 2.45) is 0 Å². The van der Waals surface area contributed by atoms with Crippen LogP contribution in [0.2, 0.25) is 5.02 Å². The van der Waals surface area contributed by atoms with Crippen molar-refractivity contribution in [3.63, 3.8) is 0 Å². The Labute approximate surface area is 216 Å². The van der Waals surface area contributed by atoms with Crippen molar-refractivity contribution in [2.45, 2.75) is 46.3 Å². The Bertz CT molecular complexity index is 1540. The number of pyridine rings is 3. The number of halogens is 3. The SMILES string of the molecule is CCc1cc(OCc2ncc(F)cc2F)c(Cl)c(=O)n1-c1cc(-c2ccnc(C(C)(C)O)n2)ncc1C. The molecule has 0 atom stereocenters. The van der Waals surface area contributed by atoms with E-state index < -0.39 is 22.8 Å². The van der Waals surface area contributed by atoms with Gasteiger partial charge in [0.25, 0.3) is 5.56 Å². The van der Waals surface area contributed by atoms with E-state index in [4.69, 9.17) is 16.3 Å². The Morgan fingerprint density at radius 2 is 1.86 bits per heavy atom. The van der Waals surface area contributed by atoms with Gasteiger partial charge in [0.1, 0.15) is 34.5 Å². The lowest BCUT2D eigenvalue weighted by Gasteiger charge is -2.18. The molecule has 11 heteroatoms. The summed E-state index contributed by atoms with van der Waals surface area (Å²) in [5.41, 5.74) is 0.863. The first-order valence-corrected chi connectivity index (χ1v) is 11.8. The second-order valence-electron chi connectivity index (χ2n) is 8.86. The first kappa shape index (κ1) is 26.3. The van der Waals surface area contributed by atoms with Crippen molar-refractivity contribution >= 4 is 11.6 Å². The Hall–Kier alpha value is -3.76. The summed E-state index contributed by atoms with van der Waals surface area (Å²) in [5.74, 6) is -1.38. The van der Waals surface area contributed by atoms with Gasteiger partial charge in [0.15, 0.2) is 11.6 Å². The lowest BCUT2D eigenvalue weighted by Crippen LogP contribution is -2.24. The van der Waals surface area contributed by atoms with E-state index in [0.29, 0.717) is 40.8 Å². The minimum Gasteiger partial charge on any atom is -0.485 e. The topological polar surface area (TPSA) is 103 Å². The van der Waals surface area contributed by atoms with Crippen molar-refractivity contribution in [3.8, 4) is 22.8 Å². The number of nitrogens with zero attached hydrogens (tertiary/aromatic N) is 5. The van der Waals surface area contributed by atoms with E-state index in [0.717, 1.165) is 6.20 Å². The summed E-state index contributed by atoms with van der Waals surface area (Å²) in [4.78, 5) is 30.1. The molecule has 4 rings (SSSR count). The molecule has 0 spiro atoms. The van der Waals surface area contributed by atoms with Crippen molar-refractivity contribution in [1.82, 2.24) is 24.5 Å². The molecule has 0 unspecified atom stereocenters. The molecule has 1 N–H and O–H groups in total. The third kappa shape index (κ3) is 5.50. The number of aromatic nitrogens is 5. The lowest BCUT2D eigenvalue weighted by atomic mass is 10.1. The molecule has 0 fully saturated rings. The van der Waals surface area contributed by atoms with E-state index in [1.807, 2.05) is 13.8 Å². The van der Waals surface area contributed by atoms with Gasteiger partial charge < -0.3 is 9.84 Å². The highest BCUT2D eigenvalue weighted by Crippen LogP contribution is 2.28. The maximum absolute atomic E-state index is 14.0. The van der Waals surface area contributed by atoms with E-state index in [2.05, 4.69) is 19.9 Å². The molecular weight excluding hydrogens is 504 g/mol. The minimum absolute atomic E-state index is 0.0582. The second kappa shape index (κ2) is 10.3. The lowest BCUT2D eigenvalue weighted by molar-refractivity contribution is 0.0688. The molecule has 4 aromatic heterocycles. The molecule has 0 amide bonds. The van der Waals surface area contributed by atoms with E-state index in [9.17, 15) is 18.7 Å². The molecule has 0 aromatic carbocycles. The average Bonchev–Trinajstić information content (AvgIpc) is 2.86. The van der Waals surface area contributed by atoms with Gasteiger partial charge in [0, 0.05) is 30.2 Å². The Morgan fingerprint density at radius 3 is 2.54 bits per heavy atom. The van der Waals surface area contributed by atoms with Crippen LogP contribution in [-0.4, -0.2) is 29.6 Å². The van der Waals surface area contributed by atoms with E-state index in [1.54, 1.807) is 38.2 Å². The summed E-state index contributed by atoms with van der Waals surface area (Å²) in [6.07, 6.45) is 4.47. The van der Waals surface area contributed by atoms with E-state index in [-0.39, 0.29) is 28.9 Å². The van der Waals surface area contributed by atoms with E-state index >= 15 is 0 Å². The van der Waals surface area contributed by atoms with Gasteiger partial charge in [0.05, 0.1) is 23.3 Å². The molecule has 4 aromatic rings. The molecule has 0 radical (unpaired) electrons. The zero-order chi connectivity index (χ0) is 26.9. The largest absolute Gasteiger partial charge is 0.485 e. The molecule has 37 heavy (non-hydrogen) atoms. The Balaban J connectivity index is 1.76. The highest BCUT2D eigenvalue weighted by atomic mass is 35.5. The number of hydrogen-bond acceptors (Lipinski definition) is 7. The maximum Gasteiger partial charge on any atom is 0.277 e. The number of ether oxygens (including phenoxy) is 1. The molecule has 8 nitrogen and oxygen atoms in total. The smallest absolute Gasteiger partial charge is 0.277 e. The molecule has 0 bridgehead atoms. The molecular formula is C26H24ClF2N5O3. The van der Waals surface area contributed by atoms with Gasteiger partial charge in [0.2, 0.25) is 0 Å². The highest BCUT2D eigenvalue weighted by molar-refractivity contribution is 6.31. The predicted molar refractivity (Wildman–Crippen MR) is 134 cm³/mol. The summed E-state index contributed by atoms with van der Waals surface area (Å²) in [7, 11) is 0. The monoisotopic (exact) mass is 527 g/mol. The van der Waals surface area contributed by atoms with Crippen LogP contribution in [0.5, 0.6) is 5.75 Å². The van der Waals surface area contributed by atoms with Gasteiger partial charge in [-0.1, -0.05) is 18.5 Å². The fraction of sp³-hybridized carbons (Fsp3) is 0.269. The van der Waals surface area contributed by atoms with Gasteiger partial charge in [-0.2, -0.15) is 0 Å². The number of aryl methyl sites for hydroxylation is 2. The third-order valence-corrected chi connectivity index (χ3v) is 5.93. The van der Waals surface area contributed by atoms with Gasteiger partial charge in [-0.25, -0.2) is 18.7 Å². The van der Waals surface area contributed by atoms with Gasteiger partial charge in [-0.3, -0.25) is 19.3 Å². The quantitative estimate of drug-likeness (QED) is 0.372. The molecule has 0 saturated heterocycles. The van der Waals surface area contributed by atoms with Gasteiger partial charge >= 0.3 is 0 Å². The van der Waals surface area contributed by atoms with E-state index in [1.165, 1.54) is 10.8 Å². The second-order valence-corrected chi connectivity index (χ2v) is 9.24. The summed E-state index contributed by atoms with van der Waals surface area (Å²) in [6.45, 7) is 6.50. The average molecular weight is 528 g/mol. The maximum atomic E-state index is 14.0. The first-order valence-electron chi connectivity index (χ1n) is 11.4. The fourth-order valence-corrected chi connectivity index (χ4v) is 3.82. The molecule has 192 valence electrons. The fourth-order valence-electron chi connectivity index (χ4n) is 3.63. The summed E-state index contributed by atoms with van der Waals surface area (Å²) >= 11 is 6.39. The third-order valence-electron chi connectivity index (χ3n) is 5.58. The molecule has 0 aliphatic rings. The number of hydrogen-bond donors (Lipinski definition) is 1. The number of aliphatic hydroxyl groups is 1. The van der Waals surface area contributed by atoms with Crippen LogP contribution in [0, 0.1) is 18.6 Å². The van der Waals surface area contributed by atoms with Crippen LogP contribution >= 0.6 is 11.6 Å². The zero-order valence-electron chi connectivity index (χ0n) is 20.6. The predicted octanol–water partition coefficient (Wildman–Crippen LogP) is 4.69. The summed E-state index contributed by atoms with van der Waals surface area (Å²) in [6, 6.07) is 5.67. The minimum atomic E-state index is -1.24. The van der Waals surface area contributed by atoms with Crippen LogP contribution in [0.15, 0.2) is 47.7 Å². The molecule has 0 aliphatic carbocycles. The Kier molecular flexibility index (Phi) is 7.33. The van der Waals surface area contributed by atoms with Crippen molar-refractivity contribution in [2.75, 3.05) is 0 Å². The van der Waals surface area contributed by atoms with Gasteiger partial charge in [-0.05, 0) is 44.9 Å². The first-order chi connectivity index (χ1) is 17.5. The Morgan fingerprint density at radius 1 is 1.11 bits per heavy atom. The van der Waals surface area contributed by atoms with Crippen LogP contribution < -0.4 is 10.3 Å². The van der Waals surface area contributed by atoms with Crippen molar-refractivity contribution < 1.29 is 18.6 Å². The molecule has 4 heterocycles. The van der Waals surface area contributed by atoms with Crippen LogP contribution in [0.3, 0.4) is 0 Å². The summed E-state index contributed by atoms with van der Waals surface area (Å²) < 4.78 is 34.2. The van der Waals surface area contributed by atoms with Crippen LogP contribution in [-0.2, 0) is 18.6 Å². The van der Waals surface area contributed by atoms with Gasteiger partial charge in [-0.15, -0.1) is 0 Å².